The molecule has 1 aliphatic rings. The topological polar surface area (TPSA) is 41.6 Å². The Balaban J connectivity index is 1.90. The van der Waals surface area contributed by atoms with Gasteiger partial charge in [0, 0.05) is 31.6 Å². The van der Waals surface area contributed by atoms with Gasteiger partial charge in [0.15, 0.2) is 11.6 Å². The molecule has 0 aromatic heterocycles. The standard InChI is InChI=1S/C16H23FN2O2/c1-11-9-19(10-12(2)18-11)16(20)7-5-13-4-6-15(21-3)14(17)8-13/h4,6,8,11-12,18H,5,7,9-10H2,1-3H3/t11-,12+. The molecule has 0 saturated carbocycles. The second-order valence-corrected chi connectivity index (χ2v) is 5.74. The maximum atomic E-state index is 13.6. The lowest BCUT2D eigenvalue weighted by molar-refractivity contribution is -0.132. The number of nitrogens with zero attached hydrogens (tertiary/aromatic N) is 1. The Morgan fingerprint density at radius 1 is 1.38 bits per heavy atom. The summed E-state index contributed by atoms with van der Waals surface area (Å²) in [5.74, 6) is -0.0203. The third-order valence-electron chi connectivity index (χ3n) is 3.75. The van der Waals surface area contributed by atoms with Gasteiger partial charge in [0.2, 0.25) is 5.91 Å². The first kappa shape index (κ1) is 15.8. The molecule has 0 spiro atoms. The van der Waals surface area contributed by atoms with Crippen LogP contribution in [0.5, 0.6) is 5.75 Å². The van der Waals surface area contributed by atoms with Crippen LogP contribution in [-0.2, 0) is 11.2 Å². The Labute approximate surface area is 125 Å². The molecule has 1 aliphatic heterocycles. The van der Waals surface area contributed by atoms with E-state index < -0.39 is 0 Å². The molecule has 1 saturated heterocycles. The first-order valence-electron chi connectivity index (χ1n) is 7.36. The second-order valence-electron chi connectivity index (χ2n) is 5.74. The highest BCUT2D eigenvalue weighted by Gasteiger charge is 2.24. The normalized spacial score (nSPS) is 22.2. The molecule has 2 atom stereocenters. The van der Waals surface area contributed by atoms with E-state index in [1.165, 1.54) is 13.2 Å². The highest BCUT2D eigenvalue weighted by molar-refractivity contribution is 5.76. The number of hydrogen-bond acceptors (Lipinski definition) is 3. The Kier molecular flexibility index (Phi) is 5.17. The van der Waals surface area contributed by atoms with Gasteiger partial charge >= 0.3 is 0 Å². The number of ether oxygens (including phenoxy) is 1. The van der Waals surface area contributed by atoms with Gasteiger partial charge in [0.25, 0.3) is 0 Å². The molecule has 1 aromatic rings. The van der Waals surface area contributed by atoms with E-state index in [9.17, 15) is 9.18 Å². The average Bonchev–Trinajstić information content (AvgIpc) is 2.43. The van der Waals surface area contributed by atoms with Crippen molar-refractivity contribution in [1.82, 2.24) is 10.2 Å². The minimum Gasteiger partial charge on any atom is -0.494 e. The molecule has 0 radical (unpaired) electrons. The highest BCUT2D eigenvalue weighted by atomic mass is 19.1. The summed E-state index contributed by atoms with van der Waals surface area (Å²) < 4.78 is 18.5. The lowest BCUT2D eigenvalue weighted by Crippen LogP contribution is -2.55. The first-order valence-corrected chi connectivity index (χ1v) is 7.36. The van der Waals surface area contributed by atoms with Crippen LogP contribution in [0.1, 0.15) is 25.8 Å². The summed E-state index contributed by atoms with van der Waals surface area (Å²) in [7, 11) is 1.44. The summed E-state index contributed by atoms with van der Waals surface area (Å²) >= 11 is 0. The van der Waals surface area contributed by atoms with Crippen molar-refractivity contribution in [3.05, 3.63) is 29.6 Å². The van der Waals surface area contributed by atoms with Crippen LogP contribution in [-0.4, -0.2) is 43.1 Å². The number of carbonyl (C=O) groups is 1. The molecule has 1 amide bonds. The number of aryl methyl sites for hydroxylation is 1. The number of carbonyl (C=O) groups excluding carboxylic acids is 1. The molecule has 0 bridgehead atoms. The number of benzene rings is 1. The van der Waals surface area contributed by atoms with Crippen molar-refractivity contribution in [2.75, 3.05) is 20.2 Å². The van der Waals surface area contributed by atoms with E-state index in [-0.39, 0.29) is 17.5 Å². The summed E-state index contributed by atoms with van der Waals surface area (Å²) in [6, 6.07) is 5.48. The van der Waals surface area contributed by atoms with E-state index in [0.29, 0.717) is 24.9 Å². The molecular formula is C16H23FN2O2. The fraction of sp³-hybridized carbons (Fsp3) is 0.562. The molecule has 1 heterocycles. The largest absolute Gasteiger partial charge is 0.494 e. The second kappa shape index (κ2) is 6.89. The van der Waals surface area contributed by atoms with Crippen molar-refractivity contribution in [3.63, 3.8) is 0 Å². The molecular weight excluding hydrogens is 271 g/mol. The monoisotopic (exact) mass is 294 g/mol. The van der Waals surface area contributed by atoms with Crippen molar-refractivity contribution >= 4 is 5.91 Å². The fourth-order valence-corrected chi connectivity index (χ4v) is 2.81. The van der Waals surface area contributed by atoms with Gasteiger partial charge in [0.1, 0.15) is 0 Å². The van der Waals surface area contributed by atoms with E-state index in [4.69, 9.17) is 4.74 Å². The molecule has 21 heavy (non-hydrogen) atoms. The third kappa shape index (κ3) is 4.17. The summed E-state index contributed by atoms with van der Waals surface area (Å²) in [6.45, 7) is 5.63. The zero-order valence-corrected chi connectivity index (χ0v) is 12.9. The maximum Gasteiger partial charge on any atom is 0.223 e. The number of piperazine rings is 1. The Bertz CT molecular complexity index is 497. The summed E-state index contributed by atoms with van der Waals surface area (Å²) in [6.07, 6.45) is 0.956. The van der Waals surface area contributed by atoms with Crippen LogP contribution < -0.4 is 10.1 Å². The number of nitrogens with one attached hydrogen (secondary N) is 1. The van der Waals surface area contributed by atoms with E-state index >= 15 is 0 Å². The van der Waals surface area contributed by atoms with Crippen LogP contribution >= 0.6 is 0 Å². The molecule has 116 valence electrons. The molecule has 4 nitrogen and oxygen atoms in total. The third-order valence-corrected chi connectivity index (χ3v) is 3.75. The first-order chi connectivity index (χ1) is 9.99. The molecule has 1 fully saturated rings. The van der Waals surface area contributed by atoms with E-state index in [0.717, 1.165) is 18.7 Å². The molecule has 0 aliphatic carbocycles. The molecule has 1 N–H and O–H groups in total. The smallest absolute Gasteiger partial charge is 0.223 e. The molecule has 2 rings (SSSR count). The number of methoxy groups -OCH3 is 1. The van der Waals surface area contributed by atoms with Crippen LogP contribution in [0.4, 0.5) is 4.39 Å². The zero-order valence-electron chi connectivity index (χ0n) is 12.9. The summed E-state index contributed by atoms with van der Waals surface area (Å²) in [5.41, 5.74) is 0.817. The predicted molar refractivity (Wildman–Crippen MR) is 79.9 cm³/mol. The van der Waals surface area contributed by atoms with E-state index in [1.54, 1.807) is 12.1 Å². The van der Waals surface area contributed by atoms with Gasteiger partial charge < -0.3 is 15.0 Å². The van der Waals surface area contributed by atoms with Gasteiger partial charge in [-0.2, -0.15) is 0 Å². The minimum atomic E-state index is -0.383. The Hall–Kier alpha value is -1.62. The minimum absolute atomic E-state index is 0.131. The predicted octanol–water partition coefficient (Wildman–Crippen LogP) is 1.98. The SMILES string of the molecule is COc1ccc(CCC(=O)N2C[C@@H](C)N[C@@H](C)C2)cc1F. The zero-order chi connectivity index (χ0) is 15.4. The number of halogens is 1. The molecule has 1 aromatic carbocycles. The lowest BCUT2D eigenvalue weighted by atomic mass is 10.1. The van der Waals surface area contributed by atoms with Gasteiger partial charge in [-0.3, -0.25) is 4.79 Å². The molecule has 5 heteroatoms. The van der Waals surface area contributed by atoms with Gasteiger partial charge in [-0.1, -0.05) is 6.07 Å². The fourth-order valence-electron chi connectivity index (χ4n) is 2.81. The van der Waals surface area contributed by atoms with Gasteiger partial charge in [-0.05, 0) is 38.0 Å². The van der Waals surface area contributed by atoms with Crippen molar-refractivity contribution in [1.29, 1.82) is 0 Å². The average molecular weight is 294 g/mol. The van der Waals surface area contributed by atoms with E-state index in [2.05, 4.69) is 19.2 Å². The van der Waals surface area contributed by atoms with Crippen LogP contribution in [0.3, 0.4) is 0 Å². The van der Waals surface area contributed by atoms with Crippen LogP contribution in [0.25, 0.3) is 0 Å². The summed E-state index contributed by atoms with van der Waals surface area (Å²) in [5, 5.41) is 3.40. The van der Waals surface area contributed by atoms with Crippen LogP contribution in [0.2, 0.25) is 0 Å². The van der Waals surface area contributed by atoms with Gasteiger partial charge in [-0.15, -0.1) is 0 Å². The van der Waals surface area contributed by atoms with Gasteiger partial charge in [-0.25, -0.2) is 4.39 Å². The summed E-state index contributed by atoms with van der Waals surface area (Å²) in [4.78, 5) is 14.1. The maximum absolute atomic E-state index is 13.6. The molecule has 0 unspecified atom stereocenters. The van der Waals surface area contributed by atoms with Crippen molar-refractivity contribution in [2.45, 2.75) is 38.8 Å². The van der Waals surface area contributed by atoms with E-state index in [1.807, 2.05) is 4.90 Å². The quantitative estimate of drug-likeness (QED) is 0.923. The van der Waals surface area contributed by atoms with Crippen molar-refractivity contribution < 1.29 is 13.9 Å². The number of hydrogen-bond donors (Lipinski definition) is 1. The van der Waals surface area contributed by atoms with Gasteiger partial charge in [0.05, 0.1) is 7.11 Å². The van der Waals surface area contributed by atoms with Crippen LogP contribution in [0.15, 0.2) is 18.2 Å². The lowest BCUT2D eigenvalue weighted by Gasteiger charge is -2.36. The van der Waals surface area contributed by atoms with Crippen molar-refractivity contribution in [2.24, 2.45) is 0 Å². The van der Waals surface area contributed by atoms with Crippen molar-refractivity contribution in [3.8, 4) is 5.75 Å². The Morgan fingerprint density at radius 3 is 2.62 bits per heavy atom. The Morgan fingerprint density at radius 2 is 2.05 bits per heavy atom. The highest BCUT2D eigenvalue weighted by Crippen LogP contribution is 2.19. The number of amides is 1. The number of rotatable bonds is 4. The van der Waals surface area contributed by atoms with Crippen LogP contribution in [0, 0.1) is 5.82 Å².